The van der Waals surface area contributed by atoms with Gasteiger partial charge in [0.1, 0.15) is 11.5 Å². The second-order valence-electron chi connectivity index (χ2n) is 6.95. The Morgan fingerprint density at radius 3 is 2.24 bits per heavy atom. The lowest BCUT2D eigenvalue weighted by Crippen LogP contribution is -2.49. The van der Waals surface area contributed by atoms with Gasteiger partial charge in [-0.25, -0.2) is 0 Å². The van der Waals surface area contributed by atoms with E-state index in [1.807, 2.05) is 72.9 Å². The molecule has 0 atom stereocenters. The molecule has 1 aliphatic heterocycles. The first-order valence-corrected chi connectivity index (χ1v) is 10.2. The highest BCUT2D eigenvalue weighted by Gasteiger charge is 2.19. The number of nitrogens with zero attached hydrogens (tertiary/aromatic N) is 3. The number of pyridine rings is 1. The van der Waals surface area contributed by atoms with Crippen LogP contribution in [0.3, 0.4) is 0 Å². The molecule has 148 valence electrons. The maximum atomic E-state index is 5.83. The highest BCUT2D eigenvalue weighted by molar-refractivity contribution is 7.80. The molecular weight excluding hydrogens is 380 g/mol. The van der Waals surface area contributed by atoms with Crippen molar-refractivity contribution < 1.29 is 4.74 Å². The second-order valence-corrected chi connectivity index (χ2v) is 7.34. The summed E-state index contributed by atoms with van der Waals surface area (Å²) in [6.45, 7) is 4.66. The SMILES string of the molecule is S=C(Nc1ccc(Oc2ccccc2)cc1)N1CCN(Cc2ccccn2)CC1. The minimum absolute atomic E-state index is 0.763. The van der Waals surface area contributed by atoms with Crippen molar-refractivity contribution in [2.75, 3.05) is 31.5 Å². The molecule has 1 aromatic heterocycles. The highest BCUT2D eigenvalue weighted by atomic mass is 32.1. The van der Waals surface area contributed by atoms with Gasteiger partial charge in [-0.15, -0.1) is 0 Å². The molecule has 0 spiro atoms. The van der Waals surface area contributed by atoms with Crippen molar-refractivity contribution in [3.8, 4) is 11.5 Å². The van der Waals surface area contributed by atoms with E-state index < -0.39 is 0 Å². The monoisotopic (exact) mass is 404 g/mol. The Labute approximate surface area is 176 Å². The number of hydrogen-bond donors (Lipinski definition) is 1. The Morgan fingerprint density at radius 1 is 0.862 bits per heavy atom. The number of thiocarbonyl (C=S) groups is 1. The molecule has 0 saturated carbocycles. The average Bonchev–Trinajstić information content (AvgIpc) is 2.77. The summed E-state index contributed by atoms with van der Waals surface area (Å²) in [6.07, 6.45) is 1.85. The molecule has 4 rings (SSSR count). The van der Waals surface area contributed by atoms with E-state index in [0.717, 1.165) is 60.7 Å². The van der Waals surface area contributed by atoms with E-state index in [1.165, 1.54) is 0 Å². The zero-order chi connectivity index (χ0) is 19.9. The van der Waals surface area contributed by atoms with E-state index in [-0.39, 0.29) is 0 Å². The van der Waals surface area contributed by atoms with Crippen LogP contribution in [-0.4, -0.2) is 46.1 Å². The highest BCUT2D eigenvalue weighted by Crippen LogP contribution is 2.23. The number of anilines is 1. The van der Waals surface area contributed by atoms with Crippen LogP contribution in [-0.2, 0) is 6.54 Å². The third kappa shape index (κ3) is 5.53. The number of benzene rings is 2. The van der Waals surface area contributed by atoms with Crippen LogP contribution in [0.2, 0.25) is 0 Å². The second kappa shape index (κ2) is 9.49. The molecule has 0 unspecified atom stereocenters. The Hall–Kier alpha value is -2.96. The number of piperazine rings is 1. The summed E-state index contributed by atoms with van der Waals surface area (Å²) in [5.41, 5.74) is 2.07. The van der Waals surface area contributed by atoms with Crippen LogP contribution in [0.1, 0.15) is 5.69 Å². The van der Waals surface area contributed by atoms with Gasteiger partial charge in [-0.2, -0.15) is 0 Å². The molecule has 1 N–H and O–H groups in total. The Morgan fingerprint density at radius 2 is 1.55 bits per heavy atom. The zero-order valence-corrected chi connectivity index (χ0v) is 17.0. The predicted molar refractivity (Wildman–Crippen MR) is 120 cm³/mol. The molecule has 1 fully saturated rings. The molecule has 0 bridgehead atoms. The van der Waals surface area contributed by atoms with Crippen LogP contribution in [0.15, 0.2) is 79.0 Å². The first kappa shape index (κ1) is 19.4. The summed E-state index contributed by atoms with van der Waals surface area (Å²) in [6, 6.07) is 23.7. The number of hydrogen-bond acceptors (Lipinski definition) is 4. The van der Waals surface area contributed by atoms with Crippen LogP contribution in [0.5, 0.6) is 11.5 Å². The van der Waals surface area contributed by atoms with Crippen molar-refractivity contribution in [1.29, 1.82) is 0 Å². The number of rotatable bonds is 5. The lowest BCUT2D eigenvalue weighted by Gasteiger charge is -2.36. The molecule has 3 aromatic rings. The van der Waals surface area contributed by atoms with Crippen molar-refractivity contribution in [2.24, 2.45) is 0 Å². The lowest BCUT2D eigenvalue weighted by molar-refractivity contribution is 0.175. The standard InChI is InChI=1S/C23H24N4OS/c29-23(27-16-14-26(15-17-27)18-20-6-4-5-13-24-20)25-19-9-11-22(12-10-19)28-21-7-2-1-3-8-21/h1-13H,14-18H2,(H,25,29). The van der Waals surface area contributed by atoms with Gasteiger partial charge in [-0.05, 0) is 60.7 Å². The maximum absolute atomic E-state index is 5.83. The average molecular weight is 405 g/mol. The Bertz CT molecular complexity index is 911. The van der Waals surface area contributed by atoms with E-state index in [2.05, 4.69) is 26.2 Å². The number of aromatic nitrogens is 1. The van der Waals surface area contributed by atoms with E-state index in [9.17, 15) is 0 Å². The summed E-state index contributed by atoms with van der Waals surface area (Å²) in [5.74, 6) is 1.63. The number of para-hydroxylation sites is 1. The number of nitrogens with one attached hydrogen (secondary N) is 1. The number of ether oxygens (including phenoxy) is 1. The van der Waals surface area contributed by atoms with Crippen LogP contribution in [0.25, 0.3) is 0 Å². The van der Waals surface area contributed by atoms with Gasteiger partial charge in [-0.1, -0.05) is 24.3 Å². The predicted octanol–water partition coefficient (Wildman–Crippen LogP) is 4.39. The third-order valence-corrected chi connectivity index (χ3v) is 5.22. The van der Waals surface area contributed by atoms with Crippen LogP contribution >= 0.6 is 12.2 Å². The van der Waals surface area contributed by atoms with Gasteiger partial charge >= 0.3 is 0 Å². The first-order valence-electron chi connectivity index (χ1n) is 9.77. The summed E-state index contributed by atoms with van der Waals surface area (Å²) < 4.78 is 5.83. The first-order chi connectivity index (χ1) is 14.3. The van der Waals surface area contributed by atoms with Crippen molar-refractivity contribution >= 4 is 23.0 Å². The molecule has 1 aliphatic rings. The van der Waals surface area contributed by atoms with Gasteiger partial charge < -0.3 is 15.0 Å². The molecule has 2 heterocycles. The van der Waals surface area contributed by atoms with E-state index in [0.29, 0.717) is 0 Å². The van der Waals surface area contributed by atoms with Crippen LogP contribution < -0.4 is 10.1 Å². The van der Waals surface area contributed by atoms with Gasteiger partial charge in [0.05, 0.1) is 5.69 Å². The molecule has 0 amide bonds. The van der Waals surface area contributed by atoms with Crippen molar-refractivity contribution in [2.45, 2.75) is 6.54 Å². The third-order valence-electron chi connectivity index (χ3n) is 4.86. The molecule has 5 nitrogen and oxygen atoms in total. The minimum atomic E-state index is 0.763. The van der Waals surface area contributed by atoms with Gasteiger partial charge in [-0.3, -0.25) is 9.88 Å². The van der Waals surface area contributed by atoms with Gasteiger partial charge in [0.15, 0.2) is 5.11 Å². The maximum Gasteiger partial charge on any atom is 0.173 e. The Kier molecular flexibility index (Phi) is 6.34. The van der Waals surface area contributed by atoms with Crippen molar-refractivity contribution in [1.82, 2.24) is 14.8 Å². The fourth-order valence-electron chi connectivity index (χ4n) is 3.26. The smallest absolute Gasteiger partial charge is 0.173 e. The topological polar surface area (TPSA) is 40.6 Å². The fourth-order valence-corrected chi connectivity index (χ4v) is 3.56. The summed E-state index contributed by atoms with van der Waals surface area (Å²) in [7, 11) is 0. The molecule has 6 heteroatoms. The van der Waals surface area contributed by atoms with E-state index >= 15 is 0 Å². The summed E-state index contributed by atoms with van der Waals surface area (Å²) >= 11 is 5.61. The Balaban J connectivity index is 1.25. The van der Waals surface area contributed by atoms with Crippen LogP contribution in [0.4, 0.5) is 5.69 Å². The fraction of sp³-hybridized carbons (Fsp3) is 0.217. The normalized spacial score (nSPS) is 14.4. The molecule has 0 radical (unpaired) electrons. The molecule has 2 aromatic carbocycles. The molecule has 0 aliphatic carbocycles. The van der Waals surface area contributed by atoms with Crippen LogP contribution in [0, 0.1) is 0 Å². The van der Waals surface area contributed by atoms with Gasteiger partial charge in [0, 0.05) is 44.6 Å². The lowest BCUT2D eigenvalue weighted by atomic mass is 10.2. The van der Waals surface area contributed by atoms with Crippen molar-refractivity contribution in [3.05, 3.63) is 84.7 Å². The van der Waals surface area contributed by atoms with Crippen molar-refractivity contribution in [3.63, 3.8) is 0 Å². The zero-order valence-electron chi connectivity index (χ0n) is 16.2. The molecule has 1 saturated heterocycles. The van der Waals surface area contributed by atoms with E-state index in [1.54, 1.807) is 0 Å². The summed E-state index contributed by atoms with van der Waals surface area (Å²) in [4.78, 5) is 9.05. The largest absolute Gasteiger partial charge is 0.457 e. The van der Waals surface area contributed by atoms with Gasteiger partial charge in [0.25, 0.3) is 0 Å². The van der Waals surface area contributed by atoms with Gasteiger partial charge in [0.2, 0.25) is 0 Å². The molecule has 29 heavy (non-hydrogen) atoms. The molecular formula is C23H24N4OS. The quantitative estimate of drug-likeness (QED) is 0.636. The van der Waals surface area contributed by atoms with E-state index in [4.69, 9.17) is 17.0 Å². The summed E-state index contributed by atoms with van der Waals surface area (Å²) in [5, 5.41) is 4.10. The minimum Gasteiger partial charge on any atom is -0.457 e.